The minimum Gasteiger partial charge on any atom is -0.307 e. The summed E-state index contributed by atoms with van der Waals surface area (Å²) in [4.78, 5) is 0. The Morgan fingerprint density at radius 2 is 1.88 bits per heavy atom. The lowest BCUT2D eigenvalue weighted by atomic mass is 9.97. The highest BCUT2D eigenvalue weighted by molar-refractivity contribution is 5.24. The van der Waals surface area contributed by atoms with Gasteiger partial charge in [-0.1, -0.05) is 42.7 Å². The van der Waals surface area contributed by atoms with Gasteiger partial charge in [0.15, 0.2) is 0 Å². The maximum absolute atomic E-state index is 3.77. The van der Waals surface area contributed by atoms with Crippen LogP contribution in [0.2, 0.25) is 0 Å². The van der Waals surface area contributed by atoms with Crippen LogP contribution >= 0.6 is 0 Å². The van der Waals surface area contributed by atoms with Gasteiger partial charge in [-0.3, -0.25) is 0 Å². The van der Waals surface area contributed by atoms with Gasteiger partial charge in [0.1, 0.15) is 0 Å². The van der Waals surface area contributed by atoms with Crippen LogP contribution in [-0.4, -0.2) is 6.04 Å². The molecule has 0 radical (unpaired) electrons. The largest absolute Gasteiger partial charge is 0.307 e. The van der Waals surface area contributed by atoms with Gasteiger partial charge >= 0.3 is 0 Å². The van der Waals surface area contributed by atoms with Crippen molar-refractivity contribution in [3.8, 4) is 0 Å². The lowest BCUT2D eigenvalue weighted by molar-refractivity contribution is 0.352. The number of aryl methyl sites for hydroxylation is 1. The van der Waals surface area contributed by atoms with Crippen molar-refractivity contribution >= 4 is 0 Å². The Labute approximate surface area is 106 Å². The molecule has 0 spiro atoms. The molecule has 0 amide bonds. The van der Waals surface area contributed by atoms with E-state index in [0.29, 0.717) is 12.1 Å². The molecule has 0 saturated heterocycles. The predicted molar refractivity (Wildman–Crippen MR) is 74.1 cm³/mol. The van der Waals surface area contributed by atoms with Crippen LogP contribution in [0, 0.1) is 12.8 Å². The molecule has 2 atom stereocenters. The van der Waals surface area contributed by atoms with Gasteiger partial charge in [0, 0.05) is 12.1 Å². The molecule has 1 aliphatic rings. The van der Waals surface area contributed by atoms with Gasteiger partial charge in [-0.25, -0.2) is 0 Å². The van der Waals surface area contributed by atoms with Crippen LogP contribution < -0.4 is 5.32 Å². The van der Waals surface area contributed by atoms with Crippen LogP contribution in [0.25, 0.3) is 0 Å². The first kappa shape index (κ1) is 12.6. The summed E-state index contributed by atoms with van der Waals surface area (Å²) in [6, 6.07) is 9.95. The number of hydrogen-bond donors (Lipinski definition) is 1. The fourth-order valence-corrected chi connectivity index (χ4v) is 3.02. The Bertz CT molecular complexity index is 352. The van der Waals surface area contributed by atoms with Gasteiger partial charge < -0.3 is 5.32 Å². The first-order chi connectivity index (χ1) is 8.16. The normalized spacial score (nSPS) is 20.4. The Kier molecular flexibility index (Phi) is 4.22. The molecule has 1 aromatic carbocycles. The smallest absolute Gasteiger partial charge is 0.0294 e. The van der Waals surface area contributed by atoms with Gasteiger partial charge in [0.05, 0.1) is 0 Å². The highest BCUT2D eigenvalue weighted by atomic mass is 14.9. The molecule has 0 aromatic heterocycles. The second-order valence-electron chi connectivity index (χ2n) is 5.64. The van der Waals surface area contributed by atoms with E-state index in [0.717, 1.165) is 5.92 Å². The van der Waals surface area contributed by atoms with Gasteiger partial charge in [0.2, 0.25) is 0 Å². The fraction of sp³-hybridized carbons (Fsp3) is 0.625. The topological polar surface area (TPSA) is 12.0 Å². The van der Waals surface area contributed by atoms with E-state index in [9.17, 15) is 0 Å². The zero-order valence-corrected chi connectivity index (χ0v) is 11.4. The molecule has 94 valence electrons. The SMILES string of the molecule is Cc1cccc([C@H](C)NC(C)C2CCCC2)c1. The standard InChI is InChI=1S/C16H25N/c1-12-7-6-10-16(11-12)14(3)17-13(2)15-8-4-5-9-15/h6-7,10-11,13-15,17H,4-5,8-9H2,1-3H3/t13?,14-/m0/s1. The minimum atomic E-state index is 0.463. The van der Waals surface area contributed by atoms with Crippen LogP contribution in [-0.2, 0) is 0 Å². The Balaban J connectivity index is 1.93. The third-order valence-corrected chi connectivity index (χ3v) is 4.16. The van der Waals surface area contributed by atoms with Crippen LogP contribution in [0.5, 0.6) is 0 Å². The van der Waals surface area contributed by atoms with Crippen LogP contribution in [0.15, 0.2) is 24.3 Å². The lowest BCUT2D eigenvalue weighted by Gasteiger charge is -2.25. The minimum absolute atomic E-state index is 0.463. The average Bonchev–Trinajstić information content (AvgIpc) is 2.82. The molecule has 0 bridgehead atoms. The zero-order chi connectivity index (χ0) is 12.3. The summed E-state index contributed by atoms with van der Waals surface area (Å²) in [7, 11) is 0. The number of rotatable bonds is 4. The fourth-order valence-electron chi connectivity index (χ4n) is 3.02. The molecule has 17 heavy (non-hydrogen) atoms. The quantitative estimate of drug-likeness (QED) is 0.818. The van der Waals surface area contributed by atoms with E-state index < -0.39 is 0 Å². The molecule has 0 heterocycles. The van der Waals surface area contributed by atoms with E-state index >= 15 is 0 Å². The number of nitrogens with one attached hydrogen (secondary N) is 1. The summed E-state index contributed by atoms with van der Waals surface area (Å²) in [5, 5.41) is 3.77. The molecule has 1 fully saturated rings. The summed E-state index contributed by atoms with van der Waals surface area (Å²) >= 11 is 0. The molecule has 1 N–H and O–H groups in total. The molecular weight excluding hydrogens is 206 g/mol. The second-order valence-corrected chi connectivity index (χ2v) is 5.64. The average molecular weight is 231 g/mol. The van der Waals surface area contributed by atoms with Crippen molar-refractivity contribution in [1.29, 1.82) is 0 Å². The maximum Gasteiger partial charge on any atom is 0.0294 e. The molecule has 1 heteroatoms. The van der Waals surface area contributed by atoms with E-state index in [1.54, 1.807) is 0 Å². The Hall–Kier alpha value is -0.820. The van der Waals surface area contributed by atoms with Gasteiger partial charge in [0.25, 0.3) is 0 Å². The Morgan fingerprint density at radius 3 is 2.53 bits per heavy atom. The van der Waals surface area contributed by atoms with Crippen molar-refractivity contribution < 1.29 is 0 Å². The highest BCUT2D eigenvalue weighted by Gasteiger charge is 2.22. The van der Waals surface area contributed by atoms with E-state index in [4.69, 9.17) is 0 Å². The zero-order valence-electron chi connectivity index (χ0n) is 11.4. The molecule has 0 aliphatic heterocycles. The summed E-state index contributed by atoms with van der Waals surface area (Å²) in [6.07, 6.45) is 5.68. The molecule has 1 saturated carbocycles. The van der Waals surface area contributed by atoms with E-state index in [2.05, 4.69) is 50.4 Å². The summed E-state index contributed by atoms with van der Waals surface area (Å²) in [6.45, 7) is 6.79. The predicted octanol–water partition coefficient (Wildman–Crippen LogP) is 4.22. The van der Waals surface area contributed by atoms with Crippen LogP contribution in [0.1, 0.15) is 56.7 Å². The summed E-state index contributed by atoms with van der Waals surface area (Å²) in [5.74, 6) is 0.891. The van der Waals surface area contributed by atoms with Gasteiger partial charge in [-0.2, -0.15) is 0 Å². The molecule has 2 rings (SSSR count). The third-order valence-electron chi connectivity index (χ3n) is 4.16. The van der Waals surface area contributed by atoms with Crippen molar-refractivity contribution in [2.75, 3.05) is 0 Å². The molecular formula is C16H25N. The van der Waals surface area contributed by atoms with Gasteiger partial charge in [-0.05, 0) is 45.1 Å². The molecule has 1 nitrogen and oxygen atoms in total. The number of benzene rings is 1. The van der Waals surface area contributed by atoms with Crippen molar-refractivity contribution in [3.63, 3.8) is 0 Å². The van der Waals surface area contributed by atoms with Crippen molar-refractivity contribution in [1.82, 2.24) is 5.32 Å². The van der Waals surface area contributed by atoms with Crippen molar-refractivity contribution in [2.24, 2.45) is 5.92 Å². The van der Waals surface area contributed by atoms with Crippen LogP contribution in [0.3, 0.4) is 0 Å². The second kappa shape index (κ2) is 5.68. The maximum atomic E-state index is 3.77. The summed E-state index contributed by atoms with van der Waals surface area (Å²) < 4.78 is 0. The van der Waals surface area contributed by atoms with Crippen LogP contribution in [0.4, 0.5) is 0 Å². The van der Waals surface area contributed by atoms with Gasteiger partial charge in [-0.15, -0.1) is 0 Å². The highest BCUT2D eigenvalue weighted by Crippen LogP contribution is 2.28. The van der Waals surface area contributed by atoms with E-state index in [1.807, 2.05) is 0 Å². The molecule has 1 aromatic rings. The van der Waals surface area contributed by atoms with Crippen molar-refractivity contribution in [2.45, 2.75) is 58.5 Å². The van der Waals surface area contributed by atoms with E-state index in [-0.39, 0.29) is 0 Å². The summed E-state index contributed by atoms with van der Waals surface area (Å²) in [5.41, 5.74) is 2.76. The lowest BCUT2D eigenvalue weighted by Crippen LogP contribution is -2.34. The Morgan fingerprint density at radius 1 is 1.18 bits per heavy atom. The van der Waals surface area contributed by atoms with E-state index in [1.165, 1.54) is 36.8 Å². The number of hydrogen-bond acceptors (Lipinski definition) is 1. The van der Waals surface area contributed by atoms with Crippen molar-refractivity contribution in [3.05, 3.63) is 35.4 Å². The monoisotopic (exact) mass is 231 g/mol. The molecule has 1 aliphatic carbocycles. The third kappa shape index (κ3) is 3.32. The molecule has 1 unspecified atom stereocenters. The first-order valence-electron chi connectivity index (χ1n) is 6.99. The first-order valence-corrected chi connectivity index (χ1v) is 6.99.